The zero-order valence-corrected chi connectivity index (χ0v) is 11.2. The highest BCUT2D eigenvalue weighted by atomic mass is 16.5. The van der Waals surface area contributed by atoms with E-state index in [1.807, 2.05) is 13.1 Å². The maximum atomic E-state index is 5.93. The van der Waals surface area contributed by atoms with Gasteiger partial charge in [-0.2, -0.15) is 0 Å². The molecule has 0 aliphatic heterocycles. The lowest BCUT2D eigenvalue weighted by molar-refractivity contribution is 0.0885. The molecule has 19 heavy (non-hydrogen) atoms. The molecule has 2 aromatic carbocycles. The summed E-state index contributed by atoms with van der Waals surface area (Å²) in [6.07, 6.45) is 2.59. The first-order valence-electron chi connectivity index (χ1n) is 6.84. The van der Waals surface area contributed by atoms with Gasteiger partial charge in [0.15, 0.2) is 0 Å². The Labute approximate surface area is 114 Å². The van der Waals surface area contributed by atoms with Crippen LogP contribution in [-0.2, 0) is 0 Å². The maximum absolute atomic E-state index is 5.93. The second-order valence-electron chi connectivity index (χ2n) is 5.09. The Balaban J connectivity index is 1.63. The highest BCUT2D eigenvalue weighted by Gasteiger charge is 2.29. The standard InChI is InChI=1S/C17H19NO/c1-18-15-11-17(12-15)19-16-9-7-14(8-10-16)13-5-3-2-4-6-13/h2-10,15,17-18H,11-12H2,1H3. The van der Waals surface area contributed by atoms with Gasteiger partial charge in [0.2, 0.25) is 0 Å². The van der Waals surface area contributed by atoms with E-state index in [1.54, 1.807) is 0 Å². The molecule has 2 aromatic rings. The first-order chi connectivity index (χ1) is 9.35. The lowest BCUT2D eigenvalue weighted by atomic mass is 9.89. The van der Waals surface area contributed by atoms with Gasteiger partial charge in [0.05, 0.1) is 0 Å². The number of nitrogens with one attached hydrogen (secondary N) is 1. The highest BCUT2D eigenvalue weighted by Crippen LogP contribution is 2.27. The van der Waals surface area contributed by atoms with Gasteiger partial charge < -0.3 is 10.1 Å². The van der Waals surface area contributed by atoms with Crippen LogP contribution in [-0.4, -0.2) is 19.2 Å². The summed E-state index contributed by atoms with van der Waals surface area (Å²) >= 11 is 0. The average molecular weight is 253 g/mol. The Hall–Kier alpha value is -1.80. The van der Waals surface area contributed by atoms with Crippen molar-refractivity contribution in [3.63, 3.8) is 0 Å². The van der Waals surface area contributed by atoms with E-state index in [0.29, 0.717) is 12.1 Å². The third kappa shape index (κ3) is 2.79. The van der Waals surface area contributed by atoms with E-state index in [4.69, 9.17) is 4.74 Å². The molecule has 3 rings (SSSR count). The summed E-state index contributed by atoms with van der Waals surface area (Å²) in [6, 6.07) is 19.4. The summed E-state index contributed by atoms with van der Waals surface area (Å²) in [5.74, 6) is 0.972. The zero-order chi connectivity index (χ0) is 13.1. The Kier molecular flexibility index (Phi) is 3.51. The molecule has 0 radical (unpaired) electrons. The molecular formula is C17H19NO. The number of hydrogen-bond donors (Lipinski definition) is 1. The molecule has 0 unspecified atom stereocenters. The predicted molar refractivity (Wildman–Crippen MR) is 78.4 cm³/mol. The van der Waals surface area contributed by atoms with Gasteiger partial charge in [-0.05, 0) is 43.1 Å². The van der Waals surface area contributed by atoms with Crippen LogP contribution in [0.15, 0.2) is 54.6 Å². The van der Waals surface area contributed by atoms with Gasteiger partial charge in [0.25, 0.3) is 0 Å². The van der Waals surface area contributed by atoms with E-state index in [9.17, 15) is 0 Å². The van der Waals surface area contributed by atoms with Crippen molar-refractivity contribution in [1.29, 1.82) is 0 Å². The van der Waals surface area contributed by atoms with Gasteiger partial charge in [-0.1, -0.05) is 42.5 Å². The normalized spacial score (nSPS) is 21.7. The molecule has 0 spiro atoms. The molecular weight excluding hydrogens is 234 g/mol. The van der Waals surface area contributed by atoms with Gasteiger partial charge in [0, 0.05) is 6.04 Å². The molecule has 1 N–H and O–H groups in total. The third-order valence-corrected chi connectivity index (χ3v) is 3.77. The average Bonchev–Trinajstić information content (AvgIpc) is 2.44. The lowest BCUT2D eigenvalue weighted by Crippen LogP contribution is -2.45. The number of rotatable bonds is 4. The molecule has 2 nitrogen and oxygen atoms in total. The molecule has 0 heterocycles. The maximum Gasteiger partial charge on any atom is 0.119 e. The van der Waals surface area contributed by atoms with Crippen molar-refractivity contribution < 1.29 is 4.74 Å². The van der Waals surface area contributed by atoms with Gasteiger partial charge in [-0.25, -0.2) is 0 Å². The summed E-state index contributed by atoms with van der Waals surface area (Å²) < 4.78 is 5.93. The molecule has 1 aliphatic rings. The Morgan fingerprint density at radius 2 is 1.53 bits per heavy atom. The fourth-order valence-corrected chi connectivity index (χ4v) is 2.45. The second kappa shape index (κ2) is 5.45. The molecule has 2 heteroatoms. The molecule has 0 aromatic heterocycles. The van der Waals surface area contributed by atoms with Crippen LogP contribution in [0.5, 0.6) is 5.75 Å². The van der Waals surface area contributed by atoms with Crippen molar-refractivity contribution in [2.45, 2.75) is 25.0 Å². The SMILES string of the molecule is CNC1CC(Oc2ccc(-c3ccccc3)cc2)C1. The minimum Gasteiger partial charge on any atom is -0.490 e. The monoisotopic (exact) mass is 253 g/mol. The van der Waals surface area contributed by atoms with Crippen molar-refractivity contribution in [2.24, 2.45) is 0 Å². The summed E-state index contributed by atoms with van der Waals surface area (Å²) in [5.41, 5.74) is 2.47. The van der Waals surface area contributed by atoms with Crippen LogP contribution >= 0.6 is 0 Å². The number of hydrogen-bond acceptors (Lipinski definition) is 2. The van der Waals surface area contributed by atoms with Crippen LogP contribution in [0.3, 0.4) is 0 Å². The minimum atomic E-state index is 0.375. The quantitative estimate of drug-likeness (QED) is 0.900. The summed E-state index contributed by atoms with van der Waals surface area (Å²) in [7, 11) is 2.01. The van der Waals surface area contributed by atoms with Gasteiger partial charge in [-0.3, -0.25) is 0 Å². The number of ether oxygens (including phenoxy) is 1. The Bertz CT molecular complexity index is 515. The van der Waals surface area contributed by atoms with Gasteiger partial charge in [-0.15, -0.1) is 0 Å². The van der Waals surface area contributed by atoms with Gasteiger partial charge >= 0.3 is 0 Å². The van der Waals surface area contributed by atoms with E-state index in [0.717, 1.165) is 18.6 Å². The first-order valence-corrected chi connectivity index (χ1v) is 6.84. The van der Waals surface area contributed by atoms with Crippen molar-refractivity contribution in [3.05, 3.63) is 54.6 Å². The van der Waals surface area contributed by atoms with Gasteiger partial charge in [0.1, 0.15) is 11.9 Å². The van der Waals surface area contributed by atoms with Crippen LogP contribution in [0.4, 0.5) is 0 Å². The van der Waals surface area contributed by atoms with Crippen molar-refractivity contribution in [1.82, 2.24) is 5.32 Å². The highest BCUT2D eigenvalue weighted by molar-refractivity contribution is 5.63. The summed E-state index contributed by atoms with van der Waals surface area (Å²) in [5, 5.41) is 3.27. The Morgan fingerprint density at radius 1 is 0.895 bits per heavy atom. The molecule has 0 bridgehead atoms. The molecule has 0 saturated heterocycles. The summed E-state index contributed by atoms with van der Waals surface area (Å²) in [4.78, 5) is 0. The fourth-order valence-electron chi connectivity index (χ4n) is 2.45. The molecule has 0 amide bonds. The van der Waals surface area contributed by atoms with E-state index in [-0.39, 0.29) is 0 Å². The van der Waals surface area contributed by atoms with Crippen LogP contribution in [0.2, 0.25) is 0 Å². The first kappa shape index (κ1) is 12.2. The fraction of sp³-hybridized carbons (Fsp3) is 0.294. The molecule has 0 atom stereocenters. The molecule has 98 valence electrons. The zero-order valence-electron chi connectivity index (χ0n) is 11.2. The predicted octanol–water partition coefficient (Wildman–Crippen LogP) is 3.48. The third-order valence-electron chi connectivity index (χ3n) is 3.77. The molecule has 1 aliphatic carbocycles. The molecule has 1 fully saturated rings. The second-order valence-corrected chi connectivity index (χ2v) is 5.09. The largest absolute Gasteiger partial charge is 0.490 e. The van der Waals surface area contributed by atoms with Crippen LogP contribution in [0, 0.1) is 0 Å². The van der Waals surface area contributed by atoms with Crippen molar-refractivity contribution in [3.8, 4) is 16.9 Å². The van der Waals surface area contributed by atoms with Crippen molar-refractivity contribution >= 4 is 0 Å². The van der Waals surface area contributed by atoms with E-state index < -0.39 is 0 Å². The van der Waals surface area contributed by atoms with E-state index >= 15 is 0 Å². The van der Waals surface area contributed by atoms with Crippen LogP contribution in [0.1, 0.15) is 12.8 Å². The number of benzene rings is 2. The summed E-state index contributed by atoms with van der Waals surface area (Å²) in [6.45, 7) is 0. The van der Waals surface area contributed by atoms with Crippen molar-refractivity contribution in [2.75, 3.05) is 7.05 Å². The van der Waals surface area contributed by atoms with E-state index in [2.05, 4.69) is 53.8 Å². The topological polar surface area (TPSA) is 21.3 Å². The molecule has 1 saturated carbocycles. The lowest BCUT2D eigenvalue weighted by Gasteiger charge is -2.35. The Morgan fingerprint density at radius 3 is 2.16 bits per heavy atom. The smallest absolute Gasteiger partial charge is 0.119 e. The minimum absolute atomic E-state index is 0.375. The van der Waals surface area contributed by atoms with Crippen LogP contribution < -0.4 is 10.1 Å². The van der Waals surface area contributed by atoms with E-state index in [1.165, 1.54) is 11.1 Å². The van der Waals surface area contributed by atoms with Crippen LogP contribution in [0.25, 0.3) is 11.1 Å².